The van der Waals surface area contributed by atoms with E-state index in [4.69, 9.17) is 4.74 Å². The van der Waals surface area contributed by atoms with Crippen LogP contribution in [0.1, 0.15) is 35.3 Å². The van der Waals surface area contributed by atoms with Gasteiger partial charge in [0.05, 0.1) is 13.2 Å². The second kappa shape index (κ2) is 10.2. The summed E-state index contributed by atoms with van der Waals surface area (Å²) in [6, 6.07) is 11.0. The lowest BCUT2D eigenvalue weighted by molar-refractivity contribution is -0.142. The molecule has 2 fully saturated rings. The Labute approximate surface area is 193 Å². The Kier molecular flexibility index (Phi) is 7.08. The van der Waals surface area contributed by atoms with Crippen molar-refractivity contribution in [3.8, 4) is 0 Å². The lowest BCUT2D eigenvalue weighted by atomic mass is 10.1. The van der Waals surface area contributed by atoms with Crippen molar-refractivity contribution in [3.05, 3.63) is 47.7 Å². The SMILES string of the molecule is COC(=O)C1CC(O)CN1c1cc(C(=O)NCC2CC2)nc(N(C)CCc2ccccc2)n1. The number of hydrogen-bond donors (Lipinski definition) is 2. The molecule has 9 heteroatoms. The number of nitrogens with one attached hydrogen (secondary N) is 1. The number of ether oxygens (including phenoxy) is 1. The van der Waals surface area contributed by atoms with Crippen LogP contribution >= 0.6 is 0 Å². The molecule has 1 saturated heterocycles. The Bertz CT molecular complexity index is 982. The Morgan fingerprint density at radius 1 is 1.24 bits per heavy atom. The molecule has 0 radical (unpaired) electrons. The van der Waals surface area contributed by atoms with Crippen LogP contribution < -0.4 is 15.1 Å². The van der Waals surface area contributed by atoms with Gasteiger partial charge >= 0.3 is 5.97 Å². The molecule has 4 rings (SSSR count). The van der Waals surface area contributed by atoms with Crippen molar-refractivity contribution >= 4 is 23.6 Å². The van der Waals surface area contributed by atoms with E-state index in [0.29, 0.717) is 30.8 Å². The van der Waals surface area contributed by atoms with Gasteiger partial charge in [-0.2, -0.15) is 4.98 Å². The quantitative estimate of drug-likeness (QED) is 0.549. The summed E-state index contributed by atoms with van der Waals surface area (Å²) in [5.41, 5.74) is 1.43. The Hall–Kier alpha value is -3.20. The standard InChI is InChI=1S/C24H31N5O4/c1-28(11-10-16-6-4-3-5-7-16)24-26-19(22(31)25-14-17-8-9-17)13-21(27-24)29-15-18(30)12-20(29)23(32)33-2/h3-7,13,17-18,20,30H,8-12,14-15H2,1-2H3,(H,25,31). The summed E-state index contributed by atoms with van der Waals surface area (Å²) >= 11 is 0. The lowest BCUT2D eigenvalue weighted by Crippen LogP contribution is -2.38. The predicted octanol–water partition coefficient (Wildman–Crippen LogP) is 1.41. The summed E-state index contributed by atoms with van der Waals surface area (Å²) in [6.07, 6.45) is 2.63. The molecule has 2 heterocycles. The first-order valence-electron chi connectivity index (χ1n) is 11.4. The maximum Gasteiger partial charge on any atom is 0.328 e. The number of carbonyl (C=O) groups excluding carboxylic acids is 2. The number of hydrogen-bond acceptors (Lipinski definition) is 8. The second-order valence-electron chi connectivity index (χ2n) is 8.80. The van der Waals surface area contributed by atoms with Gasteiger partial charge in [0.2, 0.25) is 5.95 Å². The fraction of sp³-hybridized carbons (Fsp3) is 0.500. The summed E-state index contributed by atoms with van der Waals surface area (Å²) in [6.45, 7) is 1.51. The Balaban J connectivity index is 1.59. The molecule has 0 bridgehead atoms. The van der Waals surface area contributed by atoms with Crippen LogP contribution in [0.15, 0.2) is 36.4 Å². The molecule has 0 spiro atoms. The van der Waals surface area contributed by atoms with E-state index in [2.05, 4.69) is 27.4 Å². The fourth-order valence-electron chi connectivity index (χ4n) is 3.97. The van der Waals surface area contributed by atoms with Crippen molar-refractivity contribution in [3.63, 3.8) is 0 Å². The third-order valence-electron chi connectivity index (χ3n) is 6.15. The highest BCUT2D eigenvalue weighted by Gasteiger charge is 2.38. The molecule has 2 unspecified atom stereocenters. The van der Waals surface area contributed by atoms with Gasteiger partial charge in [0.15, 0.2) is 0 Å². The van der Waals surface area contributed by atoms with Gasteiger partial charge in [0, 0.05) is 39.2 Å². The zero-order valence-corrected chi connectivity index (χ0v) is 19.1. The van der Waals surface area contributed by atoms with Crippen molar-refractivity contribution in [2.24, 2.45) is 5.92 Å². The Morgan fingerprint density at radius 3 is 2.70 bits per heavy atom. The van der Waals surface area contributed by atoms with Crippen LogP contribution in [0, 0.1) is 5.92 Å². The molecular weight excluding hydrogens is 422 g/mol. The van der Waals surface area contributed by atoms with Crippen LogP contribution in [0.2, 0.25) is 0 Å². The highest BCUT2D eigenvalue weighted by Crippen LogP contribution is 2.29. The van der Waals surface area contributed by atoms with E-state index in [9.17, 15) is 14.7 Å². The van der Waals surface area contributed by atoms with E-state index in [1.165, 1.54) is 12.7 Å². The number of benzene rings is 1. The number of rotatable bonds is 9. The number of aromatic nitrogens is 2. The molecule has 176 valence electrons. The molecule has 2 aromatic rings. The molecule has 9 nitrogen and oxygen atoms in total. The number of β-amino-alcohol motifs (C(OH)–C–C–N with tert-alkyl or cyclic N) is 1. The number of methoxy groups -OCH3 is 1. The average Bonchev–Trinajstić information content (AvgIpc) is 3.59. The van der Waals surface area contributed by atoms with Gasteiger partial charge in [-0.1, -0.05) is 30.3 Å². The molecule has 1 saturated carbocycles. The molecule has 2 aliphatic rings. The molecule has 1 aromatic carbocycles. The maximum atomic E-state index is 12.9. The number of likely N-dealkylation sites (N-methyl/N-ethyl adjacent to an activating group) is 1. The number of nitrogens with zero attached hydrogens (tertiary/aromatic N) is 4. The van der Waals surface area contributed by atoms with Crippen LogP contribution in [-0.4, -0.2) is 72.9 Å². The summed E-state index contributed by atoms with van der Waals surface area (Å²) in [4.78, 5) is 37.9. The van der Waals surface area contributed by atoms with Gasteiger partial charge in [0.1, 0.15) is 17.6 Å². The van der Waals surface area contributed by atoms with Gasteiger partial charge in [0.25, 0.3) is 5.91 Å². The summed E-state index contributed by atoms with van der Waals surface area (Å²) in [7, 11) is 3.20. The third-order valence-corrected chi connectivity index (χ3v) is 6.15. The summed E-state index contributed by atoms with van der Waals surface area (Å²) in [5.74, 6) is 0.655. The normalized spacial score (nSPS) is 19.9. The first-order chi connectivity index (χ1) is 15.9. The number of amides is 1. The van der Waals surface area contributed by atoms with Crippen molar-refractivity contribution in [2.45, 2.75) is 37.8 Å². The molecular formula is C24H31N5O4. The van der Waals surface area contributed by atoms with Gasteiger partial charge in [-0.05, 0) is 30.7 Å². The van der Waals surface area contributed by atoms with Crippen molar-refractivity contribution in [1.29, 1.82) is 0 Å². The van der Waals surface area contributed by atoms with Gasteiger partial charge < -0.3 is 25.0 Å². The molecule has 2 N–H and O–H groups in total. The van der Waals surface area contributed by atoms with E-state index in [1.54, 1.807) is 11.0 Å². The van der Waals surface area contributed by atoms with E-state index >= 15 is 0 Å². The first kappa shape index (κ1) is 23.0. The number of aliphatic hydroxyl groups is 1. The fourth-order valence-corrected chi connectivity index (χ4v) is 3.97. The van der Waals surface area contributed by atoms with Crippen LogP contribution in [-0.2, 0) is 16.0 Å². The minimum atomic E-state index is -0.685. The van der Waals surface area contributed by atoms with Gasteiger partial charge in [-0.15, -0.1) is 0 Å². The summed E-state index contributed by atoms with van der Waals surface area (Å²) in [5, 5.41) is 13.2. The van der Waals surface area contributed by atoms with Gasteiger partial charge in [-0.25, -0.2) is 9.78 Å². The van der Waals surface area contributed by atoms with Crippen LogP contribution in [0.25, 0.3) is 0 Å². The summed E-state index contributed by atoms with van der Waals surface area (Å²) < 4.78 is 4.92. The minimum absolute atomic E-state index is 0.229. The third kappa shape index (κ3) is 5.78. The molecule has 2 atom stereocenters. The number of esters is 1. The first-order valence-corrected chi connectivity index (χ1v) is 11.4. The molecule has 1 amide bonds. The van der Waals surface area contributed by atoms with Gasteiger partial charge in [-0.3, -0.25) is 4.79 Å². The van der Waals surface area contributed by atoms with Crippen LogP contribution in [0.5, 0.6) is 0 Å². The van der Waals surface area contributed by atoms with E-state index < -0.39 is 18.1 Å². The van der Waals surface area contributed by atoms with E-state index in [-0.39, 0.29) is 24.6 Å². The predicted molar refractivity (Wildman–Crippen MR) is 124 cm³/mol. The van der Waals surface area contributed by atoms with E-state index in [1.807, 2.05) is 30.1 Å². The lowest BCUT2D eigenvalue weighted by Gasteiger charge is -2.25. The number of carbonyl (C=O) groups is 2. The second-order valence-corrected chi connectivity index (χ2v) is 8.80. The molecule has 1 aromatic heterocycles. The maximum absolute atomic E-state index is 12.9. The van der Waals surface area contributed by atoms with E-state index in [0.717, 1.165) is 19.3 Å². The van der Waals surface area contributed by atoms with Crippen LogP contribution in [0.3, 0.4) is 0 Å². The molecule has 1 aliphatic heterocycles. The molecule has 33 heavy (non-hydrogen) atoms. The topological polar surface area (TPSA) is 108 Å². The zero-order valence-electron chi connectivity index (χ0n) is 19.1. The number of anilines is 2. The van der Waals surface area contributed by atoms with Crippen LogP contribution in [0.4, 0.5) is 11.8 Å². The largest absolute Gasteiger partial charge is 0.467 e. The Morgan fingerprint density at radius 2 is 2.00 bits per heavy atom. The smallest absolute Gasteiger partial charge is 0.328 e. The molecule has 1 aliphatic carbocycles. The highest BCUT2D eigenvalue weighted by atomic mass is 16.5. The van der Waals surface area contributed by atoms with Crippen molar-refractivity contribution in [2.75, 3.05) is 43.6 Å². The van der Waals surface area contributed by atoms with Crippen molar-refractivity contribution in [1.82, 2.24) is 15.3 Å². The average molecular weight is 454 g/mol. The number of aliphatic hydroxyl groups excluding tert-OH is 1. The monoisotopic (exact) mass is 453 g/mol. The van der Waals surface area contributed by atoms with Crippen molar-refractivity contribution < 1.29 is 19.4 Å². The minimum Gasteiger partial charge on any atom is -0.467 e. The zero-order chi connectivity index (χ0) is 23.4. The highest BCUT2D eigenvalue weighted by molar-refractivity contribution is 5.93.